The van der Waals surface area contributed by atoms with Gasteiger partial charge in [0.2, 0.25) is 5.88 Å². The molecule has 1 amide bonds. The maximum atomic E-state index is 11.1. The molecule has 0 aliphatic carbocycles. The molecule has 0 bridgehead atoms. The third-order valence-electron chi connectivity index (χ3n) is 4.10. The molecule has 2 N–H and O–H groups in total. The number of thiophene rings is 1. The molecule has 0 spiro atoms. The van der Waals surface area contributed by atoms with E-state index in [9.17, 15) is 4.79 Å². The second-order valence-electron chi connectivity index (χ2n) is 6.12. The molecule has 140 valence electrons. The van der Waals surface area contributed by atoms with Gasteiger partial charge in [0.15, 0.2) is 11.9 Å². The second-order valence-corrected chi connectivity index (χ2v) is 6.90. The van der Waals surface area contributed by atoms with Gasteiger partial charge < -0.3 is 15.2 Å². The molecule has 0 fully saturated rings. The molecule has 6 nitrogen and oxygen atoms in total. The van der Waals surface area contributed by atoms with E-state index in [1.807, 2.05) is 41.1 Å². The van der Waals surface area contributed by atoms with E-state index in [4.69, 9.17) is 15.2 Å². The molecule has 1 atom stereocenters. The van der Waals surface area contributed by atoms with Crippen molar-refractivity contribution in [3.63, 3.8) is 0 Å². The Labute approximate surface area is 165 Å². The lowest BCUT2D eigenvalue weighted by Gasteiger charge is -2.12. The normalized spacial score (nSPS) is 11.9. The minimum Gasteiger partial charge on any atom is -0.481 e. The Bertz CT molecular complexity index is 1110. The molecule has 0 aliphatic rings. The number of hydrogen-bond acceptors (Lipinski definition) is 6. The number of benzene rings is 2. The molecule has 0 aliphatic heterocycles. The average Bonchev–Trinajstić information content (AvgIpc) is 3.24. The maximum Gasteiger partial charge on any atom is 0.258 e. The number of para-hydroxylation sites is 1. The van der Waals surface area contributed by atoms with Crippen molar-refractivity contribution < 1.29 is 14.3 Å². The standard InChI is InChI=1S/C21H17N3O3S/c1-13(19(22)25)26-15-6-8-16(9-7-15)27-21-17-4-2-3-5-18(17)23-20(24-21)14-10-11-28-12-14/h2-13H,1H3,(H2,22,25). The van der Waals surface area contributed by atoms with Gasteiger partial charge in [-0.15, -0.1) is 0 Å². The van der Waals surface area contributed by atoms with Gasteiger partial charge in [0.05, 0.1) is 10.9 Å². The van der Waals surface area contributed by atoms with Gasteiger partial charge in [-0.1, -0.05) is 12.1 Å². The fourth-order valence-electron chi connectivity index (χ4n) is 2.61. The number of hydrogen-bond donors (Lipinski definition) is 1. The SMILES string of the molecule is CC(Oc1ccc(Oc2nc(-c3ccsc3)nc3ccccc23)cc1)C(N)=O. The number of carbonyl (C=O) groups excluding carboxylic acids is 1. The first kappa shape index (κ1) is 17.9. The van der Waals surface area contributed by atoms with Crippen LogP contribution < -0.4 is 15.2 Å². The summed E-state index contributed by atoms with van der Waals surface area (Å²) >= 11 is 1.59. The van der Waals surface area contributed by atoms with Crippen molar-refractivity contribution in [3.05, 3.63) is 65.4 Å². The summed E-state index contributed by atoms with van der Waals surface area (Å²) in [5, 5.41) is 4.81. The fraction of sp³-hybridized carbons (Fsp3) is 0.0952. The predicted molar refractivity (Wildman–Crippen MR) is 109 cm³/mol. The van der Waals surface area contributed by atoms with Gasteiger partial charge in [-0.25, -0.2) is 4.98 Å². The molecule has 0 saturated carbocycles. The Balaban J connectivity index is 1.65. The third-order valence-corrected chi connectivity index (χ3v) is 4.78. The highest BCUT2D eigenvalue weighted by Crippen LogP contribution is 2.31. The molecular formula is C21H17N3O3S. The molecule has 0 saturated heterocycles. The Morgan fingerprint density at radius 3 is 2.50 bits per heavy atom. The fourth-order valence-corrected chi connectivity index (χ4v) is 3.24. The molecule has 7 heteroatoms. The Kier molecular flexibility index (Phi) is 4.90. The number of rotatable bonds is 6. The van der Waals surface area contributed by atoms with E-state index in [0.29, 0.717) is 23.2 Å². The van der Waals surface area contributed by atoms with Gasteiger partial charge in [0.1, 0.15) is 11.5 Å². The lowest BCUT2D eigenvalue weighted by atomic mass is 10.2. The molecular weight excluding hydrogens is 374 g/mol. The number of carbonyl (C=O) groups is 1. The van der Waals surface area contributed by atoms with Crippen LogP contribution in [0, 0.1) is 0 Å². The van der Waals surface area contributed by atoms with Gasteiger partial charge in [-0.05, 0) is 54.8 Å². The van der Waals surface area contributed by atoms with Crippen molar-refractivity contribution >= 4 is 28.1 Å². The van der Waals surface area contributed by atoms with E-state index in [1.165, 1.54) is 0 Å². The van der Waals surface area contributed by atoms with Crippen molar-refractivity contribution in [2.45, 2.75) is 13.0 Å². The summed E-state index contributed by atoms with van der Waals surface area (Å²) in [6.07, 6.45) is -0.703. The zero-order valence-electron chi connectivity index (χ0n) is 15.0. The lowest BCUT2D eigenvalue weighted by molar-refractivity contribution is -0.123. The molecule has 0 radical (unpaired) electrons. The van der Waals surface area contributed by atoms with Crippen LogP contribution in [0.5, 0.6) is 17.4 Å². The van der Waals surface area contributed by atoms with E-state index in [2.05, 4.69) is 9.97 Å². The van der Waals surface area contributed by atoms with Gasteiger partial charge in [-0.2, -0.15) is 16.3 Å². The largest absolute Gasteiger partial charge is 0.481 e. The Morgan fingerprint density at radius 2 is 1.79 bits per heavy atom. The summed E-state index contributed by atoms with van der Waals surface area (Å²) in [5.74, 6) is 1.70. The van der Waals surface area contributed by atoms with Crippen molar-refractivity contribution in [3.8, 4) is 28.8 Å². The van der Waals surface area contributed by atoms with Crippen LogP contribution in [-0.2, 0) is 4.79 Å². The van der Waals surface area contributed by atoms with Gasteiger partial charge in [0.25, 0.3) is 5.91 Å². The summed E-state index contributed by atoms with van der Waals surface area (Å²) in [7, 11) is 0. The van der Waals surface area contributed by atoms with E-state index < -0.39 is 12.0 Å². The monoisotopic (exact) mass is 391 g/mol. The molecule has 4 aromatic rings. The summed E-state index contributed by atoms with van der Waals surface area (Å²) in [6.45, 7) is 1.60. The molecule has 1 unspecified atom stereocenters. The van der Waals surface area contributed by atoms with Crippen LogP contribution in [0.25, 0.3) is 22.3 Å². The quantitative estimate of drug-likeness (QED) is 0.526. The first-order chi connectivity index (χ1) is 13.6. The van der Waals surface area contributed by atoms with E-state index >= 15 is 0 Å². The van der Waals surface area contributed by atoms with Crippen LogP contribution in [0.4, 0.5) is 0 Å². The average molecular weight is 391 g/mol. The third kappa shape index (κ3) is 3.79. The van der Waals surface area contributed by atoms with Crippen molar-refractivity contribution in [1.29, 1.82) is 0 Å². The lowest BCUT2D eigenvalue weighted by Crippen LogP contribution is -2.30. The summed E-state index contributed by atoms with van der Waals surface area (Å²) < 4.78 is 11.5. The second kappa shape index (κ2) is 7.66. The Morgan fingerprint density at radius 1 is 1.04 bits per heavy atom. The number of nitrogens with zero attached hydrogens (tertiary/aromatic N) is 2. The molecule has 2 heterocycles. The highest BCUT2D eigenvalue weighted by Gasteiger charge is 2.13. The van der Waals surface area contributed by atoms with Crippen LogP contribution in [0.1, 0.15) is 6.92 Å². The van der Waals surface area contributed by atoms with E-state index in [1.54, 1.807) is 42.5 Å². The molecule has 28 heavy (non-hydrogen) atoms. The summed E-state index contributed by atoms with van der Waals surface area (Å²) in [5.41, 5.74) is 6.98. The number of ether oxygens (including phenoxy) is 2. The number of nitrogens with two attached hydrogens (primary N) is 1. The van der Waals surface area contributed by atoms with Crippen LogP contribution in [0.3, 0.4) is 0 Å². The van der Waals surface area contributed by atoms with Crippen LogP contribution in [0.15, 0.2) is 65.4 Å². The van der Waals surface area contributed by atoms with Crippen molar-refractivity contribution in [2.75, 3.05) is 0 Å². The molecule has 2 aromatic carbocycles. The highest BCUT2D eigenvalue weighted by atomic mass is 32.1. The summed E-state index contributed by atoms with van der Waals surface area (Å²) in [4.78, 5) is 20.4. The highest BCUT2D eigenvalue weighted by molar-refractivity contribution is 7.08. The minimum absolute atomic E-state index is 0.478. The smallest absolute Gasteiger partial charge is 0.258 e. The van der Waals surface area contributed by atoms with Crippen molar-refractivity contribution in [1.82, 2.24) is 9.97 Å². The van der Waals surface area contributed by atoms with Crippen molar-refractivity contribution in [2.24, 2.45) is 5.73 Å². The number of fused-ring (bicyclic) bond motifs is 1. The van der Waals surface area contributed by atoms with E-state index in [0.717, 1.165) is 16.5 Å². The number of primary amides is 1. The topological polar surface area (TPSA) is 87.3 Å². The Hall–Kier alpha value is -3.45. The first-order valence-electron chi connectivity index (χ1n) is 8.63. The number of amides is 1. The zero-order valence-corrected chi connectivity index (χ0v) is 15.8. The van der Waals surface area contributed by atoms with Gasteiger partial charge in [0, 0.05) is 10.9 Å². The minimum atomic E-state index is -0.703. The zero-order chi connectivity index (χ0) is 19.5. The van der Waals surface area contributed by atoms with Crippen LogP contribution >= 0.6 is 11.3 Å². The van der Waals surface area contributed by atoms with Gasteiger partial charge in [-0.3, -0.25) is 4.79 Å². The van der Waals surface area contributed by atoms with Crippen LogP contribution in [0.2, 0.25) is 0 Å². The number of aromatic nitrogens is 2. The van der Waals surface area contributed by atoms with Gasteiger partial charge >= 0.3 is 0 Å². The summed E-state index contributed by atoms with van der Waals surface area (Å²) in [6, 6.07) is 16.6. The van der Waals surface area contributed by atoms with E-state index in [-0.39, 0.29) is 0 Å². The molecule has 2 aromatic heterocycles. The first-order valence-corrected chi connectivity index (χ1v) is 9.57. The maximum absolute atomic E-state index is 11.1. The predicted octanol–water partition coefficient (Wildman–Crippen LogP) is 4.40. The van der Waals surface area contributed by atoms with Crippen LogP contribution in [-0.4, -0.2) is 22.0 Å². The molecule has 4 rings (SSSR count).